The van der Waals surface area contributed by atoms with E-state index in [1.807, 2.05) is 22.9 Å². The van der Waals surface area contributed by atoms with Crippen LogP contribution in [0.25, 0.3) is 11.2 Å². The molecule has 7 heteroatoms. The summed E-state index contributed by atoms with van der Waals surface area (Å²) < 4.78 is 1.81. The molecule has 0 saturated carbocycles. The van der Waals surface area contributed by atoms with Crippen LogP contribution in [-0.2, 0) is 6.54 Å². The number of hydrogen-bond acceptors (Lipinski definition) is 6. The fourth-order valence-corrected chi connectivity index (χ4v) is 2.66. The van der Waals surface area contributed by atoms with Crippen LogP contribution in [0.15, 0.2) is 36.7 Å². The molecule has 0 radical (unpaired) electrons. The number of nitrogens with zero attached hydrogens (tertiary/aromatic N) is 6. The summed E-state index contributed by atoms with van der Waals surface area (Å²) in [5, 5.41) is 11.9. The molecule has 2 aromatic heterocycles. The lowest BCUT2D eigenvalue weighted by Crippen LogP contribution is -2.28. The number of hydrogen-bond donors (Lipinski definition) is 1. The molecule has 2 heterocycles. The Balaban J connectivity index is 1.74. The van der Waals surface area contributed by atoms with Crippen molar-refractivity contribution in [3.05, 3.63) is 42.2 Å². The van der Waals surface area contributed by atoms with Crippen LogP contribution in [0.3, 0.4) is 0 Å². The lowest BCUT2D eigenvalue weighted by atomic mass is 10.2. The van der Waals surface area contributed by atoms with E-state index in [0.29, 0.717) is 12.1 Å². The third-order valence-electron chi connectivity index (χ3n) is 4.09. The van der Waals surface area contributed by atoms with Crippen molar-refractivity contribution >= 4 is 17.0 Å². The normalized spacial score (nSPS) is 11.3. The molecule has 0 atom stereocenters. The Hall–Kier alpha value is -2.54. The van der Waals surface area contributed by atoms with Crippen molar-refractivity contribution in [2.75, 3.05) is 31.5 Å². The van der Waals surface area contributed by atoms with Gasteiger partial charge in [-0.15, -0.1) is 5.10 Å². The summed E-state index contributed by atoms with van der Waals surface area (Å²) >= 11 is 0. The Kier molecular flexibility index (Phi) is 5.32. The molecular weight excluding hydrogens is 302 g/mol. The first-order valence-electron chi connectivity index (χ1n) is 8.36. The van der Waals surface area contributed by atoms with Gasteiger partial charge in [0, 0.05) is 13.1 Å². The monoisotopic (exact) mass is 325 g/mol. The molecule has 0 unspecified atom stereocenters. The second-order valence-electron chi connectivity index (χ2n) is 5.58. The molecule has 126 valence electrons. The van der Waals surface area contributed by atoms with Gasteiger partial charge in [0.2, 0.25) is 0 Å². The number of nitrogens with one attached hydrogen (secondary N) is 1. The summed E-state index contributed by atoms with van der Waals surface area (Å²) in [5.74, 6) is 0.742. The van der Waals surface area contributed by atoms with E-state index in [4.69, 9.17) is 0 Å². The van der Waals surface area contributed by atoms with E-state index in [-0.39, 0.29) is 0 Å². The molecule has 0 saturated heterocycles. The summed E-state index contributed by atoms with van der Waals surface area (Å²) in [6.45, 7) is 8.86. The minimum absolute atomic E-state index is 0.646. The zero-order chi connectivity index (χ0) is 16.8. The van der Waals surface area contributed by atoms with E-state index < -0.39 is 0 Å². The minimum atomic E-state index is 0.646. The van der Waals surface area contributed by atoms with Gasteiger partial charge in [-0.05, 0) is 18.7 Å². The van der Waals surface area contributed by atoms with Crippen molar-refractivity contribution in [1.82, 2.24) is 29.9 Å². The Morgan fingerprint density at radius 3 is 2.62 bits per heavy atom. The van der Waals surface area contributed by atoms with Crippen LogP contribution >= 0.6 is 0 Å². The third kappa shape index (κ3) is 3.68. The molecule has 0 bridgehead atoms. The van der Waals surface area contributed by atoms with Crippen LogP contribution in [-0.4, -0.2) is 56.0 Å². The molecule has 1 N–H and O–H groups in total. The molecule has 0 aliphatic carbocycles. The van der Waals surface area contributed by atoms with E-state index in [2.05, 4.69) is 56.5 Å². The fourth-order valence-electron chi connectivity index (χ4n) is 2.66. The average molecular weight is 325 g/mol. The first-order valence-corrected chi connectivity index (χ1v) is 8.36. The quantitative estimate of drug-likeness (QED) is 0.683. The molecule has 0 aliphatic heterocycles. The molecule has 3 aromatic rings. The smallest absolute Gasteiger partial charge is 0.184 e. The van der Waals surface area contributed by atoms with Gasteiger partial charge in [0.25, 0.3) is 0 Å². The summed E-state index contributed by atoms with van der Waals surface area (Å²) in [7, 11) is 0. The molecule has 0 amide bonds. The molecule has 3 rings (SSSR count). The number of anilines is 1. The minimum Gasteiger partial charge on any atom is -0.367 e. The average Bonchev–Trinajstić information content (AvgIpc) is 3.03. The standard InChI is InChI=1S/C17H23N7/c1-3-23(4-2)11-10-18-16-15-17(20-13-19-16)24(22-21-15)12-14-8-6-5-7-9-14/h5-9,13H,3-4,10-12H2,1-2H3,(H,18,19,20). The van der Waals surface area contributed by atoms with Crippen LogP contribution in [0.2, 0.25) is 0 Å². The predicted octanol–water partition coefficient (Wildman–Crippen LogP) is 2.02. The first-order chi connectivity index (χ1) is 11.8. The molecule has 0 spiro atoms. The van der Waals surface area contributed by atoms with E-state index >= 15 is 0 Å². The number of fused-ring (bicyclic) bond motifs is 1. The Morgan fingerprint density at radius 2 is 1.88 bits per heavy atom. The maximum absolute atomic E-state index is 4.35. The highest BCUT2D eigenvalue weighted by Crippen LogP contribution is 2.16. The largest absolute Gasteiger partial charge is 0.367 e. The highest BCUT2D eigenvalue weighted by Gasteiger charge is 2.12. The molecule has 7 nitrogen and oxygen atoms in total. The van der Waals surface area contributed by atoms with E-state index in [1.165, 1.54) is 5.56 Å². The molecule has 0 aliphatic rings. The highest BCUT2D eigenvalue weighted by atomic mass is 15.4. The zero-order valence-electron chi connectivity index (χ0n) is 14.2. The van der Waals surface area contributed by atoms with Gasteiger partial charge in [-0.1, -0.05) is 49.4 Å². The van der Waals surface area contributed by atoms with Crippen LogP contribution in [0, 0.1) is 0 Å². The number of likely N-dealkylation sites (N-methyl/N-ethyl adjacent to an activating group) is 1. The third-order valence-corrected chi connectivity index (χ3v) is 4.09. The second-order valence-corrected chi connectivity index (χ2v) is 5.58. The predicted molar refractivity (Wildman–Crippen MR) is 94.9 cm³/mol. The maximum Gasteiger partial charge on any atom is 0.184 e. The van der Waals surface area contributed by atoms with Crippen LogP contribution in [0.1, 0.15) is 19.4 Å². The van der Waals surface area contributed by atoms with Gasteiger partial charge in [-0.2, -0.15) is 0 Å². The molecule has 1 aromatic carbocycles. The summed E-state index contributed by atoms with van der Waals surface area (Å²) in [5.41, 5.74) is 2.63. The highest BCUT2D eigenvalue weighted by molar-refractivity contribution is 5.81. The Labute approximate surface area is 141 Å². The molecule has 24 heavy (non-hydrogen) atoms. The SMILES string of the molecule is CCN(CC)CCNc1ncnc2c1nnn2Cc1ccccc1. The maximum atomic E-state index is 4.35. The van der Waals surface area contributed by atoms with Gasteiger partial charge >= 0.3 is 0 Å². The number of aromatic nitrogens is 5. The Bertz CT molecular complexity index is 765. The summed E-state index contributed by atoms with van der Waals surface area (Å²) in [6, 6.07) is 10.2. The fraction of sp³-hybridized carbons (Fsp3) is 0.412. The van der Waals surface area contributed by atoms with Gasteiger partial charge in [0.05, 0.1) is 6.54 Å². The number of rotatable bonds is 8. The van der Waals surface area contributed by atoms with Crippen molar-refractivity contribution in [1.29, 1.82) is 0 Å². The van der Waals surface area contributed by atoms with E-state index in [1.54, 1.807) is 6.33 Å². The van der Waals surface area contributed by atoms with Crippen molar-refractivity contribution in [2.24, 2.45) is 0 Å². The van der Waals surface area contributed by atoms with Crippen LogP contribution < -0.4 is 5.32 Å². The molecular formula is C17H23N7. The zero-order valence-corrected chi connectivity index (χ0v) is 14.2. The van der Waals surface area contributed by atoms with Crippen LogP contribution in [0.4, 0.5) is 5.82 Å². The van der Waals surface area contributed by atoms with Gasteiger partial charge in [0.1, 0.15) is 6.33 Å². The van der Waals surface area contributed by atoms with Crippen molar-refractivity contribution in [2.45, 2.75) is 20.4 Å². The van der Waals surface area contributed by atoms with E-state index in [9.17, 15) is 0 Å². The summed E-state index contributed by atoms with van der Waals surface area (Å²) in [4.78, 5) is 11.0. The van der Waals surface area contributed by atoms with Crippen LogP contribution in [0.5, 0.6) is 0 Å². The van der Waals surface area contributed by atoms with Crippen molar-refractivity contribution < 1.29 is 0 Å². The van der Waals surface area contributed by atoms with Gasteiger partial charge < -0.3 is 10.2 Å². The summed E-state index contributed by atoms with van der Waals surface area (Å²) in [6.07, 6.45) is 1.56. The van der Waals surface area contributed by atoms with Gasteiger partial charge in [-0.25, -0.2) is 14.6 Å². The number of benzene rings is 1. The van der Waals surface area contributed by atoms with E-state index in [0.717, 1.165) is 37.6 Å². The molecule has 0 fully saturated rings. The Morgan fingerprint density at radius 1 is 1.08 bits per heavy atom. The second kappa shape index (κ2) is 7.83. The van der Waals surface area contributed by atoms with Crippen molar-refractivity contribution in [3.63, 3.8) is 0 Å². The topological polar surface area (TPSA) is 71.8 Å². The van der Waals surface area contributed by atoms with Gasteiger partial charge in [-0.3, -0.25) is 0 Å². The first kappa shape index (κ1) is 16.3. The van der Waals surface area contributed by atoms with Crippen molar-refractivity contribution in [3.8, 4) is 0 Å². The van der Waals surface area contributed by atoms with Gasteiger partial charge in [0.15, 0.2) is 17.0 Å². The lowest BCUT2D eigenvalue weighted by Gasteiger charge is -2.18. The lowest BCUT2D eigenvalue weighted by molar-refractivity contribution is 0.316.